The first-order valence-electron chi connectivity index (χ1n) is 3.55. The number of carbonyl (C=O) groups is 1. The summed E-state index contributed by atoms with van der Waals surface area (Å²) in [6.45, 7) is 0. The van der Waals surface area contributed by atoms with E-state index in [2.05, 4.69) is 0 Å². The van der Waals surface area contributed by atoms with Gasteiger partial charge in [-0.1, -0.05) is 0 Å². The highest BCUT2D eigenvalue weighted by atomic mass is 35.5. The maximum absolute atomic E-state index is 11.1. The standard InChI is InChI=1S/C7H16N2OS.ClH/c1-9(2)7(10)6(8)4-5-11-3;/h6H,4-5,8H2,1-3H3;1H. The van der Waals surface area contributed by atoms with Crippen LogP contribution in [0.25, 0.3) is 0 Å². The van der Waals surface area contributed by atoms with Crippen molar-refractivity contribution in [3.63, 3.8) is 0 Å². The maximum Gasteiger partial charge on any atom is 0.238 e. The molecule has 0 rings (SSSR count). The first-order valence-corrected chi connectivity index (χ1v) is 4.94. The number of nitrogens with two attached hydrogens (primary N) is 1. The van der Waals surface area contributed by atoms with Crippen LogP contribution in [0.2, 0.25) is 0 Å². The van der Waals surface area contributed by atoms with Crippen LogP contribution < -0.4 is 5.73 Å². The minimum Gasteiger partial charge on any atom is -0.347 e. The molecule has 0 bridgehead atoms. The number of thioether (sulfide) groups is 1. The van der Waals surface area contributed by atoms with Crippen molar-refractivity contribution in [3.05, 3.63) is 0 Å². The topological polar surface area (TPSA) is 46.3 Å². The Bertz CT molecular complexity index is 133. The zero-order valence-electron chi connectivity index (χ0n) is 7.74. The van der Waals surface area contributed by atoms with Gasteiger partial charge in [-0.3, -0.25) is 4.79 Å². The van der Waals surface area contributed by atoms with Gasteiger partial charge in [0.25, 0.3) is 0 Å². The highest BCUT2D eigenvalue weighted by Crippen LogP contribution is 2.00. The van der Waals surface area contributed by atoms with Gasteiger partial charge in [0.15, 0.2) is 0 Å². The van der Waals surface area contributed by atoms with Crippen molar-refractivity contribution >= 4 is 30.1 Å². The lowest BCUT2D eigenvalue weighted by molar-refractivity contribution is -0.130. The third-order valence-electron chi connectivity index (χ3n) is 1.39. The average molecular weight is 213 g/mol. The van der Waals surface area contributed by atoms with Gasteiger partial charge in [-0.05, 0) is 18.4 Å². The molecule has 0 aliphatic rings. The third-order valence-corrected chi connectivity index (χ3v) is 2.03. The Morgan fingerprint density at radius 3 is 2.42 bits per heavy atom. The van der Waals surface area contributed by atoms with Crippen molar-refractivity contribution in [3.8, 4) is 0 Å². The van der Waals surface area contributed by atoms with E-state index in [1.807, 2.05) is 6.26 Å². The molecule has 3 nitrogen and oxygen atoms in total. The lowest BCUT2D eigenvalue weighted by Gasteiger charge is -2.15. The van der Waals surface area contributed by atoms with Crippen LogP contribution in [0.1, 0.15) is 6.42 Å². The van der Waals surface area contributed by atoms with E-state index < -0.39 is 0 Å². The number of likely N-dealkylation sites (N-methyl/N-ethyl adjacent to an activating group) is 1. The highest BCUT2D eigenvalue weighted by molar-refractivity contribution is 7.98. The van der Waals surface area contributed by atoms with Crippen LogP contribution in [0.3, 0.4) is 0 Å². The summed E-state index contributed by atoms with van der Waals surface area (Å²) in [4.78, 5) is 12.7. The summed E-state index contributed by atoms with van der Waals surface area (Å²) in [5.41, 5.74) is 5.60. The van der Waals surface area contributed by atoms with E-state index in [0.717, 1.165) is 12.2 Å². The van der Waals surface area contributed by atoms with Crippen LogP contribution >= 0.6 is 24.2 Å². The van der Waals surface area contributed by atoms with Crippen molar-refractivity contribution in [2.75, 3.05) is 26.1 Å². The van der Waals surface area contributed by atoms with Crippen LogP contribution in [-0.4, -0.2) is 43.0 Å². The summed E-state index contributed by atoms with van der Waals surface area (Å²) in [5.74, 6) is 0.958. The Labute approximate surface area is 84.5 Å². The molecule has 12 heavy (non-hydrogen) atoms. The summed E-state index contributed by atoms with van der Waals surface area (Å²) in [5, 5.41) is 0. The van der Waals surface area contributed by atoms with Gasteiger partial charge in [-0.2, -0.15) is 11.8 Å². The van der Waals surface area contributed by atoms with Crippen LogP contribution in [-0.2, 0) is 4.79 Å². The second-order valence-electron chi connectivity index (χ2n) is 2.62. The molecule has 0 spiro atoms. The second kappa shape index (κ2) is 7.71. The van der Waals surface area contributed by atoms with E-state index in [9.17, 15) is 4.79 Å². The molecule has 0 radical (unpaired) electrons. The van der Waals surface area contributed by atoms with Gasteiger partial charge in [0.1, 0.15) is 0 Å². The van der Waals surface area contributed by atoms with E-state index >= 15 is 0 Å². The molecule has 5 heteroatoms. The molecule has 0 aromatic rings. The molecular weight excluding hydrogens is 196 g/mol. The van der Waals surface area contributed by atoms with Gasteiger partial charge < -0.3 is 10.6 Å². The molecule has 0 aromatic heterocycles. The molecule has 2 N–H and O–H groups in total. The molecule has 0 aliphatic heterocycles. The SMILES string of the molecule is CSCCC(N)C(=O)N(C)C.Cl. The first kappa shape index (κ1) is 14.6. The number of hydrogen-bond donors (Lipinski definition) is 1. The van der Waals surface area contributed by atoms with Gasteiger partial charge in [0.2, 0.25) is 5.91 Å². The molecule has 0 aromatic carbocycles. The van der Waals surface area contributed by atoms with Crippen LogP contribution in [0.5, 0.6) is 0 Å². The normalized spacial score (nSPS) is 11.7. The fourth-order valence-electron chi connectivity index (χ4n) is 0.700. The van der Waals surface area contributed by atoms with Gasteiger partial charge in [-0.25, -0.2) is 0 Å². The van der Waals surface area contributed by atoms with Gasteiger partial charge in [0.05, 0.1) is 6.04 Å². The summed E-state index contributed by atoms with van der Waals surface area (Å²) >= 11 is 1.71. The number of hydrogen-bond acceptors (Lipinski definition) is 3. The van der Waals surface area contributed by atoms with Gasteiger partial charge in [-0.15, -0.1) is 12.4 Å². The Morgan fingerprint density at radius 2 is 2.08 bits per heavy atom. The molecule has 1 atom stereocenters. The number of nitrogens with zero attached hydrogens (tertiary/aromatic N) is 1. The predicted molar refractivity (Wildman–Crippen MR) is 56.9 cm³/mol. The lowest BCUT2D eigenvalue weighted by Crippen LogP contribution is -2.40. The maximum atomic E-state index is 11.1. The van der Waals surface area contributed by atoms with Crippen LogP contribution in [0.15, 0.2) is 0 Å². The fraction of sp³-hybridized carbons (Fsp3) is 0.857. The Balaban J connectivity index is 0. The Hall–Kier alpha value is 0.0700. The van der Waals surface area contributed by atoms with Crippen molar-refractivity contribution in [2.45, 2.75) is 12.5 Å². The van der Waals surface area contributed by atoms with Crippen LogP contribution in [0, 0.1) is 0 Å². The first-order chi connectivity index (χ1) is 5.09. The molecule has 0 fully saturated rings. The molecule has 0 heterocycles. The number of amides is 1. The summed E-state index contributed by atoms with van der Waals surface area (Å²) < 4.78 is 0. The van der Waals surface area contributed by atoms with E-state index in [1.165, 1.54) is 4.90 Å². The Kier molecular flexibility index (Phi) is 9.37. The van der Waals surface area contributed by atoms with Gasteiger partial charge >= 0.3 is 0 Å². The van der Waals surface area contributed by atoms with Gasteiger partial charge in [0, 0.05) is 14.1 Å². The number of rotatable bonds is 4. The number of halogens is 1. The zero-order chi connectivity index (χ0) is 8.85. The monoisotopic (exact) mass is 212 g/mol. The minimum atomic E-state index is -0.322. The van der Waals surface area contributed by atoms with Crippen molar-refractivity contribution in [1.82, 2.24) is 4.90 Å². The van der Waals surface area contributed by atoms with E-state index in [4.69, 9.17) is 5.73 Å². The van der Waals surface area contributed by atoms with Crippen molar-refractivity contribution in [2.24, 2.45) is 5.73 Å². The molecule has 0 aliphatic carbocycles. The highest BCUT2D eigenvalue weighted by Gasteiger charge is 2.13. The minimum absolute atomic E-state index is 0. The lowest BCUT2D eigenvalue weighted by atomic mass is 10.2. The third kappa shape index (κ3) is 5.69. The second-order valence-corrected chi connectivity index (χ2v) is 3.61. The smallest absolute Gasteiger partial charge is 0.238 e. The number of carbonyl (C=O) groups excluding carboxylic acids is 1. The fourth-order valence-corrected chi connectivity index (χ4v) is 1.19. The molecule has 1 unspecified atom stereocenters. The molecular formula is C7H17ClN2OS. The predicted octanol–water partition coefficient (Wildman–Crippen LogP) is 0.577. The summed E-state index contributed by atoms with van der Waals surface area (Å²) in [6.07, 6.45) is 2.77. The van der Waals surface area contributed by atoms with E-state index in [0.29, 0.717) is 0 Å². The summed E-state index contributed by atoms with van der Waals surface area (Å²) in [7, 11) is 3.45. The average Bonchev–Trinajstić information content (AvgIpc) is 1.98. The molecule has 0 saturated carbocycles. The van der Waals surface area contributed by atoms with Crippen LogP contribution in [0.4, 0.5) is 0 Å². The Morgan fingerprint density at radius 1 is 1.58 bits per heavy atom. The van der Waals surface area contributed by atoms with Crippen molar-refractivity contribution in [1.29, 1.82) is 0 Å². The van der Waals surface area contributed by atoms with Crippen molar-refractivity contribution < 1.29 is 4.79 Å². The van der Waals surface area contributed by atoms with E-state index in [1.54, 1.807) is 25.9 Å². The zero-order valence-corrected chi connectivity index (χ0v) is 9.37. The largest absolute Gasteiger partial charge is 0.347 e. The molecule has 74 valence electrons. The van der Waals surface area contributed by atoms with E-state index in [-0.39, 0.29) is 24.4 Å². The molecule has 0 saturated heterocycles. The summed E-state index contributed by atoms with van der Waals surface area (Å²) in [6, 6.07) is -0.322. The molecule has 1 amide bonds. The quantitative estimate of drug-likeness (QED) is 0.742.